The Hall–Kier alpha value is -1.75. The van der Waals surface area contributed by atoms with Crippen LogP contribution in [0.3, 0.4) is 0 Å². The predicted octanol–water partition coefficient (Wildman–Crippen LogP) is 4.28. The summed E-state index contributed by atoms with van der Waals surface area (Å²) in [6.07, 6.45) is 0. The highest BCUT2D eigenvalue weighted by Gasteiger charge is 2.18. The second-order valence-corrected chi connectivity index (χ2v) is 7.56. The average Bonchev–Trinajstić information content (AvgIpc) is 2.74. The monoisotopic (exact) mass is 331 g/mol. The molecule has 23 heavy (non-hydrogen) atoms. The maximum atomic E-state index is 12.4. The lowest BCUT2D eigenvalue weighted by Crippen LogP contribution is -2.23. The molecule has 2 rings (SSSR count). The largest absolute Gasteiger partial charge is 0.322 e. The van der Waals surface area contributed by atoms with Gasteiger partial charge in [0.2, 0.25) is 5.91 Å². The zero-order valence-corrected chi connectivity index (χ0v) is 15.5. The molecule has 0 aliphatic rings. The molecule has 5 heteroatoms. The van der Waals surface area contributed by atoms with E-state index in [0.29, 0.717) is 5.92 Å². The molecule has 0 saturated carbocycles. The summed E-state index contributed by atoms with van der Waals surface area (Å²) in [5.41, 5.74) is 3.94. The molecule has 0 radical (unpaired) electrons. The fourth-order valence-electron chi connectivity index (χ4n) is 2.37. The average molecular weight is 331 g/mol. The summed E-state index contributed by atoms with van der Waals surface area (Å²) in [6, 6.07) is 8.44. The third-order valence-electron chi connectivity index (χ3n) is 3.99. The van der Waals surface area contributed by atoms with Crippen molar-refractivity contribution in [1.82, 2.24) is 9.78 Å². The highest BCUT2D eigenvalue weighted by molar-refractivity contribution is 8.00. The first-order chi connectivity index (χ1) is 10.8. The number of amides is 1. The molecule has 0 unspecified atom stereocenters. The van der Waals surface area contributed by atoms with Crippen LogP contribution in [0.5, 0.6) is 0 Å². The van der Waals surface area contributed by atoms with E-state index in [0.717, 1.165) is 22.0 Å². The van der Waals surface area contributed by atoms with Crippen molar-refractivity contribution in [3.05, 3.63) is 41.2 Å². The van der Waals surface area contributed by atoms with Gasteiger partial charge in [-0.05, 0) is 44.4 Å². The van der Waals surface area contributed by atoms with Crippen LogP contribution in [-0.4, -0.2) is 20.9 Å². The van der Waals surface area contributed by atoms with E-state index < -0.39 is 0 Å². The number of rotatable bonds is 5. The Labute approximate surface area is 142 Å². The third-order valence-corrected chi connectivity index (χ3v) is 5.10. The van der Waals surface area contributed by atoms with Gasteiger partial charge in [0.25, 0.3) is 0 Å². The fraction of sp³-hybridized carbons (Fsp3) is 0.444. The maximum Gasteiger partial charge on any atom is 0.237 e. The smallest absolute Gasteiger partial charge is 0.237 e. The summed E-state index contributed by atoms with van der Waals surface area (Å²) in [5.74, 6) is 0.522. The van der Waals surface area contributed by atoms with Gasteiger partial charge in [0, 0.05) is 11.9 Å². The van der Waals surface area contributed by atoms with Gasteiger partial charge >= 0.3 is 0 Å². The Morgan fingerprint density at radius 1 is 1.17 bits per heavy atom. The van der Waals surface area contributed by atoms with E-state index in [1.165, 1.54) is 5.56 Å². The number of aryl methyl sites for hydroxylation is 2. The molecular formula is C18H25N3OS. The molecule has 0 aliphatic carbocycles. The minimum atomic E-state index is -0.168. The van der Waals surface area contributed by atoms with Crippen LogP contribution in [0.25, 0.3) is 0 Å². The van der Waals surface area contributed by atoms with Gasteiger partial charge in [-0.15, -0.1) is 11.8 Å². The maximum absolute atomic E-state index is 12.4. The molecule has 0 spiro atoms. The summed E-state index contributed by atoms with van der Waals surface area (Å²) < 4.78 is 1.79. The number of nitrogens with zero attached hydrogens (tertiary/aromatic N) is 2. The summed E-state index contributed by atoms with van der Waals surface area (Å²) in [7, 11) is 1.88. The van der Waals surface area contributed by atoms with Gasteiger partial charge in [-0.3, -0.25) is 9.48 Å². The lowest BCUT2D eigenvalue weighted by Gasteiger charge is -2.13. The first kappa shape index (κ1) is 17.6. The SMILES string of the molecule is Cc1nn(C)c(C)c1NC(=O)[C@@H](C)Sc1ccc(C(C)C)cc1. The quantitative estimate of drug-likeness (QED) is 0.832. The van der Waals surface area contributed by atoms with Crippen molar-refractivity contribution in [1.29, 1.82) is 0 Å². The molecule has 1 atom stereocenters. The number of nitrogens with one attached hydrogen (secondary N) is 1. The van der Waals surface area contributed by atoms with Gasteiger partial charge in [-0.2, -0.15) is 5.10 Å². The molecule has 4 nitrogen and oxygen atoms in total. The first-order valence-corrected chi connectivity index (χ1v) is 8.75. The molecule has 1 amide bonds. The topological polar surface area (TPSA) is 46.9 Å². The van der Waals surface area contributed by atoms with E-state index >= 15 is 0 Å². The highest BCUT2D eigenvalue weighted by Crippen LogP contribution is 2.27. The van der Waals surface area contributed by atoms with Crippen LogP contribution in [-0.2, 0) is 11.8 Å². The number of aromatic nitrogens is 2. The van der Waals surface area contributed by atoms with Crippen LogP contribution in [0, 0.1) is 13.8 Å². The Bertz CT molecular complexity index is 689. The highest BCUT2D eigenvalue weighted by atomic mass is 32.2. The Morgan fingerprint density at radius 2 is 1.78 bits per heavy atom. The number of benzene rings is 1. The molecule has 124 valence electrons. The summed E-state index contributed by atoms with van der Waals surface area (Å²) in [6.45, 7) is 10.1. The van der Waals surface area contributed by atoms with Gasteiger partial charge in [-0.25, -0.2) is 0 Å². The normalized spacial score (nSPS) is 12.5. The van der Waals surface area contributed by atoms with E-state index in [1.807, 2.05) is 27.8 Å². The van der Waals surface area contributed by atoms with E-state index in [2.05, 4.69) is 48.5 Å². The van der Waals surface area contributed by atoms with Crippen LogP contribution in [0.15, 0.2) is 29.2 Å². The Morgan fingerprint density at radius 3 is 2.26 bits per heavy atom. The van der Waals surface area contributed by atoms with E-state index in [4.69, 9.17) is 0 Å². The van der Waals surface area contributed by atoms with E-state index in [-0.39, 0.29) is 11.2 Å². The van der Waals surface area contributed by atoms with Crippen LogP contribution in [0.1, 0.15) is 43.6 Å². The molecule has 1 heterocycles. The van der Waals surface area contributed by atoms with Crippen LogP contribution >= 0.6 is 11.8 Å². The van der Waals surface area contributed by atoms with Crippen LogP contribution < -0.4 is 5.32 Å². The molecule has 1 N–H and O–H groups in total. The van der Waals surface area contributed by atoms with Crippen molar-refractivity contribution < 1.29 is 4.79 Å². The van der Waals surface area contributed by atoms with Gasteiger partial charge in [0.05, 0.1) is 22.3 Å². The minimum Gasteiger partial charge on any atom is -0.322 e. The predicted molar refractivity (Wildman–Crippen MR) is 97.2 cm³/mol. The summed E-state index contributed by atoms with van der Waals surface area (Å²) in [5, 5.41) is 7.17. The zero-order valence-electron chi connectivity index (χ0n) is 14.7. The lowest BCUT2D eigenvalue weighted by atomic mass is 10.0. The van der Waals surface area contributed by atoms with Gasteiger partial charge < -0.3 is 5.32 Å². The minimum absolute atomic E-state index is 0.00198. The molecule has 1 aromatic carbocycles. The van der Waals surface area contributed by atoms with Gasteiger partial charge in [-0.1, -0.05) is 26.0 Å². The summed E-state index contributed by atoms with van der Waals surface area (Å²) in [4.78, 5) is 13.5. The molecule has 2 aromatic rings. The first-order valence-electron chi connectivity index (χ1n) is 7.87. The van der Waals surface area contributed by atoms with Gasteiger partial charge in [0.1, 0.15) is 0 Å². The molecule has 0 fully saturated rings. The second kappa shape index (κ2) is 7.21. The van der Waals surface area contributed by atoms with E-state index in [1.54, 1.807) is 16.4 Å². The van der Waals surface area contributed by atoms with E-state index in [9.17, 15) is 4.79 Å². The number of thioether (sulfide) groups is 1. The fourth-order valence-corrected chi connectivity index (χ4v) is 3.24. The number of carbonyl (C=O) groups excluding carboxylic acids is 1. The van der Waals surface area contributed by atoms with Crippen molar-refractivity contribution in [2.24, 2.45) is 7.05 Å². The third kappa shape index (κ3) is 4.16. The second-order valence-electron chi connectivity index (χ2n) is 6.14. The molecule has 1 aromatic heterocycles. The molecule has 0 bridgehead atoms. The standard InChI is InChI=1S/C18H25N3OS/c1-11(2)15-7-9-16(10-8-15)23-14(5)18(22)19-17-12(3)20-21(6)13(17)4/h7-11,14H,1-6H3,(H,19,22)/t14-/m1/s1. The van der Waals surface area contributed by atoms with Crippen LogP contribution in [0.2, 0.25) is 0 Å². The van der Waals surface area contributed by atoms with Gasteiger partial charge in [0.15, 0.2) is 0 Å². The van der Waals surface area contributed by atoms with Crippen molar-refractivity contribution in [3.63, 3.8) is 0 Å². The van der Waals surface area contributed by atoms with Crippen molar-refractivity contribution in [2.75, 3.05) is 5.32 Å². The molecule has 0 saturated heterocycles. The number of carbonyl (C=O) groups is 1. The summed E-state index contributed by atoms with van der Waals surface area (Å²) >= 11 is 1.57. The lowest BCUT2D eigenvalue weighted by molar-refractivity contribution is -0.115. The molecule has 0 aliphatic heterocycles. The zero-order chi connectivity index (χ0) is 17.1. The Balaban J connectivity index is 2.02. The number of anilines is 1. The van der Waals surface area contributed by atoms with Crippen molar-refractivity contribution in [2.45, 2.75) is 50.7 Å². The molecular weight excluding hydrogens is 306 g/mol. The number of hydrogen-bond acceptors (Lipinski definition) is 3. The van der Waals surface area contributed by atoms with Crippen molar-refractivity contribution in [3.8, 4) is 0 Å². The number of hydrogen-bond donors (Lipinski definition) is 1. The Kier molecular flexibility index (Phi) is 5.52. The van der Waals surface area contributed by atoms with Crippen molar-refractivity contribution >= 4 is 23.4 Å². The van der Waals surface area contributed by atoms with Crippen LogP contribution in [0.4, 0.5) is 5.69 Å².